The number of hydrogen-bond acceptors (Lipinski definition) is 4. The third kappa shape index (κ3) is 2.97. The first kappa shape index (κ1) is 14.1. The van der Waals surface area contributed by atoms with Crippen LogP contribution >= 0.6 is 0 Å². The SMILES string of the molecule is CN(C)c1ccccc1NC(=O)C(N)c1cnn(C)c1. The van der Waals surface area contributed by atoms with Crippen LogP contribution in [0.4, 0.5) is 11.4 Å². The first-order valence-electron chi connectivity index (χ1n) is 6.30. The zero-order chi connectivity index (χ0) is 14.7. The van der Waals surface area contributed by atoms with Gasteiger partial charge < -0.3 is 16.0 Å². The second-order valence-electron chi connectivity index (χ2n) is 4.83. The van der Waals surface area contributed by atoms with Crippen LogP contribution in [0.5, 0.6) is 0 Å². The second-order valence-corrected chi connectivity index (χ2v) is 4.83. The monoisotopic (exact) mass is 273 g/mol. The van der Waals surface area contributed by atoms with Gasteiger partial charge in [-0.25, -0.2) is 0 Å². The summed E-state index contributed by atoms with van der Waals surface area (Å²) < 4.78 is 1.62. The topological polar surface area (TPSA) is 76.2 Å². The molecule has 6 nitrogen and oxygen atoms in total. The van der Waals surface area contributed by atoms with E-state index in [4.69, 9.17) is 5.73 Å². The average molecular weight is 273 g/mol. The fraction of sp³-hybridized carbons (Fsp3) is 0.286. The van der Waals surface area contributed by atoms with Crippen LogP contribution in [0.15, 0.2) is 36.7 Å². The molecule has 0 saturated heterocycles. The molecule has 1 aromatic heterocycles. The van der Waals surface area contributed by atoms with E-state index in [0.29, 0.717) is 5.56 Å². The number of benzene rings is 1. The van der Waals surface area contributed by atoms with E-state index in [1.807, 2.05) is 43.3 Å². The Morgan fingerprint density at radius 2 is 2.10 bits per heavy atom. The molecule has 0 saturated carbocycles. The number of para-hydroxylation sites is 2. The Morgan fingerprint density at radius 1 is 1.40 bits per heavy atom. The Balaban J connectivity index is 2.16. The number of nitrogens with two attached hydrogens (primary N) is 1. The number of nitrogens with zero attached hydrogens (tertiary/aromatic N) is 3. The summed E-state index contributed by atoms with van der Waals surface area (Å²) in [6.45, 7) is 0. The third-order valence-electron chi connectivity index (χ3n) is 3.01. The van der Waals surface area contributed by atoms with Crippen LogP contribution in [0, 0.1) is 0 Å². The van der Waals surface area contributed by atoms with Crippen LogP contribution < -0.4 is 16.0 Å². The molecule has 0 bridgehead atoms. The number of amides is 1. The molecule has 3 N–H and O–H groups in total. The van der Waals surface area contributed by atoms with Crippen molar-refractivity contribution in [3.63, 3.8) is 0 Å². The van der Waals surface area contributed by atoms with Gasteiger partial charge in [0.05, 0.1) is 17.6 Å². The molecule has 20 heavy (non-hydrogen) atoms. The van der Waals surface area contributed by atoms with Gasteiger partial charge in [0.25, 0.3) is 0 Å². The molecule has 106 valence electrons. The highest BCUT2D eigenvalue weighted by Gasteiger charge is 2.18. The lowest BCUT2D eigenvalue weighted by molar-refractivity contribution is -0.117. The predicted molar refractivity (Wildman–Crippen MR) is 79.5 cm³/mol. The lowest BCUT2D eigenvalue weighted by Gasteiger charge is -2.19. The van der Waals surface area contributed by atoms with E-state index in [-0.39, 0.29) is 5.91 Å². The highest BCUT2D eigenvalue weighted by atomic mass is 16.2. The van der Waals surface area contributed by atoms with E-state index in [1.165, 1.54) is 0 Å². The van der Waals surface area contributed by atoms with E-state index in [2.05, 4.69) is 10.4 Å². The fourth-order valence-corrected chi connectivity index (χ4v) is 1.93. The summed E-state index contributed by atoms with van der Waals surface area (Å²) in [4.78, 5) is 14.1. The van der Waals surface area contributed by atoms with Gasteiger partial charge in [0, 0.05) is 32.9 Å². The molecule has 6 heteroatoms. The molecule has 2 aromatic rings. The molecule has 0 aliphatic carbocycles. The van der Waals surface area contributed by atoms with Gasteiger partial charge in [-0.15, -0.1) is 0 Å². The van der Waals surface area contributed by atoms with Crippen molar-refractivity contribution in [3.8, 4) is 0 Å². The number of carbonyl (C=O) groups is 1. The van der Waals surface area contributed by atoms with Crippen molar-refractivity contribution in [1.29, 1.82) is 0 Å². The molecule has 2 rings (SSSR count). The molecule has 1 unspecified atom stereocenters. The maximum Gasteiger partial charge on any atom is 0.246 e. The number of hydrogen-bond donors (Lipinski definition) is 2. The molecule has 0 spiro atoms. The largest absolute Gasteiger partial charge is 0.376 e. The Hall–Kier alpha value is -2.34. The molecule has 0 aliphatic rings. The quantitative estimate of drug-likeness (QED) is 0.875. The van der Waals surface area contributed by atoms with Crippen LogP contribution in [0.3, 0.4) is 0 Å². The average Bonchev–Trinajstić information content (AvgIpc) is 2.84. The number of rotatable bonds is 4. The van der Waals surface area contributed by atoms with Gasteiger partial charge >= 0.3 is 0 Å². The number of carbonyl (C=O) groups excluding carboxylic acids is 1. The van der Waals surface area contributed by atoms with E-state index in [1.54, 1.807) is 24.1 Å². The zero-order valence-corrected chi connectivity index (χ0v) is 11.9. The van der Waals surface area contributed by atoms with Crippen LogP contribution in [0.2, 0.25) is 0 Å². The number of anilines is 2. The Bertz CT molecular complexity index is 605. The lowest BCUT2D eigenvalue weighted by Crippen LogP contribution is -2.28. The molecule has 0 aliphatic heterocycles. The van der Waals surface area contributed by atoms with Gasteiger partial charge in [0.1, 0.15) is 6.04 Å². The van der Waals surface area contributed by atoms with Crippen molar-refractivity contribution in [2.75, 3.05) is 24.3 Å². The number of aromatic nitrogens is 2. The Kier molecular flexibility index (Phi) is 4.05. The van der Waals surface area contributed by atoms with Crippen molar-refractivity contribution in [3.05, 3.63) is 42.2 Å². The van der Waals surface area contributed by atoms with Gasteiger partial charge in [-0.2, -0.15) is 5.10 Å². The standard InChI is InChI=1S/C14H19N5O/c1-18(2)12-7-5-4-6-11(12)17-14(20)13(15)10-8-16-19(3)9-10/h4-9,13H,15H2,1-3H3,(H,17,20). The highest BCUT2D eigenvalue weighted by molar-refractivity contribution is 5.98. The first-order chi connectivity index (χ1) is 9.49. The maximum atomic E-state index is 12.2. The molecule has 1 heterocycles. The van der Waals surface area contributed by atoms with E-state index in [0.717, 1.165) is 11.4 Å². The molecule has 1 aromatic carbocycles. The van der Waals surface area contributed by atoms with Crippen LogP contribution in [0.25, 0.3) is 0 Å². The normalized spacial score (nSPS) is 12.0. The maximum absolute atomic E-state index is 12.2. The number of nitrogens with one attached hydrogen (secondary N) is 1. The van der Waals surface area contributed by atoms with Gasteiger partial charge in [-0.05, 0) is 12.1 Å². The molecular weight excluding hydrogens is 254 g/mol. The van der Waals surface area contributed by atoms with E-state index >= 15 is 0 Å². The summed E-state index contributed by atoms with van der Waals surface area (Å²) in [5.41, 5.74) is 8.30. The summed E-state index contributed by atoms with van der Waals surface area (Å²) in [7, 11) is 5.63. The van der Waals surface area contributed by atoms with Crippen molar-refractivity contribution in [1.82, 2.24) is 9.78 Å². The minimum Gasteiger partial charge on any atom is -0.376 e. The van der Waals surface area contributed by atoms with Crippen LogP contribution in [-0.2, 0) is 11.8 Å². The minimum atomic E-state index is -0.737. The second kappa shape index (κ2) is 5.75. The summed E-state index contributed by atoms with van der Waals surface area (Å²) in [5.74, 6) is -0.257. The molecule has 0 radical (unpaired) electrons. The highest BCUT2D eigenvalue weighted by Crippen LogP contribution is 2.24. The van der Waals surface area contributed by atoms with E-state index in [9.17, 15) is 4.79 Å². The summed E-state index contributed by atoms with van der Waals surface area (Å²) >= 11 is 0. The lowest BCUT2D eigenvalue weighted by atomic mass is 10.1. The van der Waals surface area contributed by atoms with Crippen LogP contribution in [0.1, 0.15) is 11.6 Å². The van der Waals surface area contributed by atoms with E-state index < -0.39 is 6.04 Å². The molecule has 1 amide bonds. The Morgan fingerprint density at radius 3 is 2.70 bits per heavy atom. The molecule has 1 atom stereocenters. The fourth-order valence-electron chi connectivity index (χ4n) is 1.93. The van der Waals surface area contributed by atoms with Crippen molar-refractivity contribution < 1.29 is 4.79 Å². The molecular formula is C14H19N5O. The van der Waals surface area contributed by atoms with Gasteiger partial charge in [0.2, 0.25) is 5.91 Å². The van der Waals surface area contributed by atoms with Crippen molar-refractivity contribution in [2.45, 2.75) is 6.04 Å². The summed E-state index contributed by atoms with van der Waals surface area (Å²) in [5, 5.41) is 6.88. The van der Waals surface area contributed by atoms with Gasteiger partial charge in [-0.1, -0.05) is 12.1 Å². The predicted octanol–water partition coefficient (Wildman–Crippen LogP) is 1.12. The third-order valence-corrected chi connectivity index (χ3v) is 3.01. The molecule has 0 fully saturated rings. The zero-order valence-electron chi connectivity index (χ0n) is 11.9. The van der Waals surface area contributed by atoms with Gasteiger partial charge in [-0.3, -0.25) is 9.48 Å². The first-order valence-corrected chi connectivity index (χ1v) is 6.30. The Labute approximate surface area is 118 Å². The van der Waals surface area contributed by atoms with Crippen molar-refractivity contribution >= 4 is 17.3 Å². The summed E-state index contributed by atoms with van der Waals surface area (Å²) in [6, 6.07) is 6.84. The van der Waals surface area contributed by atoms with Crippen LogP contribution in [-0.4, -0.2) is 29.8 Å². The summed E-state index contributed by atoms with van der Waals surface area (Å²) in [6.07, 6.45) is 3.34. The van der Waals surface area contributed by atoms with Crippen molar-refractivity contribution in [2.24, 2.45) is 12.8 Å². The smallest absolute Gasteiger partial charge is 0.246 e. The minimum absolute atomic E-state index is 0.257. The van der Waals surface area contributed by atoms with Gasteiger partial charge in [0.15, 0.2) is 0 Å². The number of aryl methyl sites for hydroxylation is 1.